The summed E-state index contributed by atoms with van der Waals surface area (Å²) in [6.07, 6.45) is 4.11. The maximum absolute atomic E-state index is 10.4. The molecule has 0 aliphatic heterocycles. The van der Waals surface area contributed by atoms with Crippen molar-refractivity contribution < 1.29 is 5.11 Å². The van der Waals surface area contributed by atoms with Gasteiger partial charge in [-0.25, -0.2) is 0 Å². The first-order valence-electron chi connectivity index (χ1n) is 7.22. The van der Waals surface area contributed by atoms with Gasteiger partial charge in [-0.05, 0) is 23.0 Å². The van der Waals surface area contributed by atoms with Gasteiger partial charge in [-0.1, -0.05) is 52.0 Å². The van der Waals surface area contributed by atoms with Gasteiger partial charge < -0.3 is 5.11 Å². The van der Waals surface area contributed by atoms with Crippen LogP contribution in [0.4, 0.5) is 0 Å². The Morgan fingerprint density at radius 3 is 2.35 bits per heavy atom. The molecule has 20 heavy (non-hydrogen) atoms. The van der Waals surface area contributed by atoms with Gasteiger partial charge in [0.2, 0.25) is 0 Å². The van der Waals surface area contributed by atoms with Gasteiger partial charge in [-0.2, -0.15) is 5.10 Å². The molecule has 1 aromatic carbocycles. The fraction of sp³-hybridized carbons (Fsp3) is 0.471. The molecule has 0 spiro atoms. The number of hydrogen-bond acceptors (Lipinski definition) is 2. The molecule has 3 nitrogen and oxygen atoms in total. The SMILES string of the molecule is CCCn1cc(C(O)c2ccc(C(C)(C)C)cc2)cn1. The molecule has 108 valence electrons. The smallest absolute Gasteiger partial charge is 0.107 e. The molecule has 1 atom stereocenters. The van der Waals surface area contributed by atoms with Crippen LogP contribution >= 0.6 is 0 Å². The van der Waals surface area contributed by atoms with E-state index in [0.29, 0.717) is 0 Å². The van der Waals surface area contributed by atoms with Crippen molar-refractivity contribution >= 4 is 0 Å². The minimum atomic E-state index is -0.602. The number of hydrogen-bond donors (Lipinski definition) is 1. The monoisotopic (exact) mass is 272 g/mol. The summed E-state index contributed by atoms with van der Waals surface area (Å²) in [7, 11) is 0. The Morgan fingerprint density at radius 2 is 1.80 bits per heavy atom. The summed E-state index contributed by atoms with van der Waals surface area (Å²) in [6.45, 7) is 9.56. The van der Waals surface area contributed by atoms with Crippen LogP contribution in [-0.4, -0.2) is 14.9 Å². The van der Waals surface area contributed by atoms with Crippen molar-refractivity contribution in [2.45, 2.75) is 52.2 Å². The predicted molar refractivity (Wildman–Crippen MR) is 81.7 cm³/mol. The lowest BCUT2D eigenvalue weighted by molar-refractivity contribution is 0.220. The van der Waals surface area contributed by atoms with Gasteiger partial charge in [-0.15, -0.1) is 0 Å². The topological polar surface area (TPSA) is 38.0 Å². The zero-order valence-corrected chi connectivity index (χ0v) is 12.8. The number of aliphatic hydroxyl groups excluding tert-OH is 1. The fourth-order valence-corrected chi connectivity index (χ4v) is 2.23. The van der Waals surface area contributed by atoms with E-state index in [-0.39, 0.29) is 5.41 Å². The van der Waals surface area contributed by atoms with Crippen molar-refractivity contribution in [2.24, 2.45) is 0 Å². The molecule has 3 heteroatoms. The van der Waals surface area contributed by atoms with Crippen LogP contribution in [0.15, 0.2) is 36.7 Å². The van der Waals surface area contributed by atoms with E-state index in [4.69, 9.17) is 0 Å². The Kier molecular flexibility index (Phi) is 4.29. The van der Waals surface area contributed by atoms with Gasteiger partial charge in [0.05, 0.1) is 6.20 Å². The number of aromatic nitrogens is 2. The molecule has 1 N–H and O–H groups in total. The highest BCUT2D eigenvalue weighted by Crippen LogP contribution is 2.26. The van der Waals surface area contributed by atoms with E-state index < -0.39 is 6.10 Å². The van der Waals surface area contributed by atoms with E-state index in [1.165, 1.54) is 5.56 Å². The van der Waals surface area contributed by atoms with E-state index in [9.17, 15) is 5.11 Å². The van der Waals surface area contributed by atoms with Crippen molar-refractivity contribution in [2.75, 3.05) is 0 Å². The van der Waals surface area contributed by atoms with Gasteiger partial charge in [0.1, 0.15) is 6.10 Å². The van der Waals surface area contributed by atoms with E-state index in [1.54, 1.807) is 6.20 Å². The van der Waals surface area contributed by atoms with Crippen LogP contribution in [-0.2, 0) is 12.0 Å². The zero-order chi connectivity index (χ0) is 14.8. The van der Waals surface area contributed by atoms with E-state index in [2.05, 4.69) is 44.9 Å². The maximum Gasteiger partial charge on any atom is 0.107 e. The lowest BCUT2D eigenvalue weighted by Crippen LogP contribution is -2.11. The largest absolute Gasteiger partial charge is 0.384 e. The highest BCUT2D eigenvalue weighted by Gasteiger charge is 2.16. The van der Waals surface area contributed by atoms with Crippen molar-refractivity contribution in [3.05, 3.63) is 53.3 Å². The standard InChI is InChI=1S/C17H24N2O/c1-5-10-19-12-14(11-18-19)16(20)13-6-8-15(9-7-13)17(2,3)4/h6-9,11-12,16,20H,5,10H2,1-4H3. The Morgan fingerprint density at radius 1 is 1.15 bits per heavy atom. The Bertz CT molecular complexity index is 549. The van der Waals surface area contributed by atoms with Crippen LogP contribution in [0.5, 0.6) is 0 Å². The summed E-state index contributed by atoms with van der Waals surface area (Å²) >= 11 is 0. The average molecular weight is 272 g/mol. The average Bonchev–Trinajstić information content (AvgIpc) is 2.86. The zero-order valence-electron chi connectivity index (χ0n) is 12.8. The molecule has 0 saturated carbocycles. The van der Waals surface area contributed by atoms with Crippen molar-refractivity contribution in [1.82, 2.24) is 9.78 Å². The summed E-state index contributed by atoms with van der Waals surface area (Å²) in [5.41, 5.74) is 3.17. The summed E-state index contributed by atoms with van der Waals surface area (Å²) in [5, 5.41) is 14.7. The first-order chi connectivity index (χ1) is 9.41. The summed E-state index contributed by atoms with van der Waals surface area (Å²) in [5.74, 6) is 0. The van der Waals surface area contributed by atoms with E-state index >= 15 is 0 Å². The number of aryl methyl sites for hydroxylation is 1. The minimum absolute atomic E-state index is 0.134. The number of aliphatic hydroxyl groups is 1. The molecule has 1 aromatic heterocycles. The molecule has 0 saturated heterocycles. The molecule has 0 aliphatic rings. The summed E-state index contributed by atoms with van der Waals surface area (Å²) in [6, 6.07) is 8.19. The first kappa shape index (κ1) is 14.8. The van der Waals surface area contributed by atoms with Crippen LogP contribution in [0.1, 0.15) is 56.9 Å². The van der Waals surface area contributed by atoms with Crippen LogP contribution in [0, 0.1) is 0 Å². The molecule has 2 rings (SSSR count). The lowest BCUT2D eigenvalue weighted by atomic mass is 9.86. The number of rotatable bonds is 4. The second-order valence-electron chi connectivity index (χ2n) is 6.31. The lowest BCUT2D eigenvalue weighted by Gasteiger charge is -2.19. The molecular formula is C17H24N2O. The van der Waals surface area contributed by atoms with Crippen molar-refractivity contribution in [3.8, 4) is 0 Å². The molecule has 1 heterocycles. The molecule has 0 amide bonds. The van der Waals surface area contributed by atoms with E-state index in [0.717, 1.165) is 24.1 Å². The normalized spacial score (nSPS) is 13.4. The van der Waals surface area contributed by atoms with Crippen molar-refractivity contribution in [1.29, 1.82) is 0 Å². The second kappa shape index (κ2) is 5.80. The molecule has 1 unspecified atom stereocenters. The highest BCUT2D eigenvalue weighted by molar-refractivity contribution is 5.32. The molecule has 2 aromatic rings. The molecule has 0 bridgehead atoms. The van der Waals surface area contributed by atoms with Gasteiger partial charge in [0.15, 0.2) is 0 Å². The number of nitrogens with zero attached hydrogens (tertiary/aromatic N) is 2. The Hall–Kier alpha value is -1.61. The van der Waals surface area contributed by atoms with Crippen LogP contribution < -0.4 is 0 Å². The predicted octanol–water partition coefficient (Wildman–Crippen LogP) is 3.67. The van der Waals surface area contributed by atoms with Crippen LogP contribution in [0.2, 0.25) is 0 Å². The van der Waals surface area contributed by atoms with E-state index in [1.807, 2.05) is 23.0 Å². The molecule has 0 fully saturated rings. The Labute approximate surface area is 121 Å². The third-order valence-corrected chi connectivity index (χ3v) is 3.51. The molecule has 0 radical (unpaired) electrons. The third-order valence-electron chi connectivity index (χ3n) is 3.51. The second-order valence-corrected chi connectivity index (χ2v) is 6.31. The third kappa shape index (κ3) is 3.28. The van der Waals surface area contributed by atoms with Crippen LogP contribution in [0.3, 0.4) is 0 Å². The van der Waals surface area contributed by atoms with Crippen molar-refractivity contribution in [3.63, 3.8) is 0 Å². The maximum atomic E-state index is 10.4. The van der Waals surface area contributed by atoms with Gasteiger partial charge in [0, 0.05) is 18.3 Å². The quantitative estimate of drug-likeness (QED) is 0.922. The molecular weight excluding hydrogens is 248 g/mol. The minimum Gasteiger partial charge on any atom is -0.384 e. The molecule has 0 aliphatic carbocycles. The Balaban J connectivity index is 2.17. The number of benzene rings is 1. The summed E-state index contributed by atoms with van der Waals surface area (Å²) < 4.78 is 1.88. The van der Waals surface area contributed by atoms with Crippen LogP contribution in [0.25, 0.3) is 0 Å². The van der Waals surface area contributed by atoms with Gasteiger partial charge in [-0.3, -0.25) is 4.68 Å². The van der Waals surface area contributed by atoms with Gasteiger partial charge >= 0.3 is 0 Å². The van der Waals surface area contributed by atoms with Gasteiger partial charge in [0.25, 0.3) is 0 Å². The first-order valence-corrected chi connectivity index (χ1v) is 7.22. The highest BCUT2D eigenvalue weighted by atomic mass is 16.3. The summed E-state index contributed by atoms with van der Waals surface area (Å²) in [4.78, 5) is 0. The fourth-order valence-electron chi connectivity index (χ4n) is 2.23.